The third kappa shape index (κ3) is 2.80. The van der Waals surface area contributed by atoms with E-state index in [1.165, 1.54) is 0 Å². The molecule has 0 unspecified atom stereocenters. The summed E-state index contributed by atoms with van der Waals surface area (Å²) in [4.78, 5) is 12.4. The summed E-state index contributed by atoms with van der Waals surface area (Å²) in [6.45, 7) is 0.875. The maximum absolute atomic E-state index is 12.4. The van der Waals surface area contributed by atoms with Crippen molar-refractivity contribution in [1.82, 2.24) is 0 Å². The zero-order valence-electron chi connectivity index (χ0n) is 11.9. The van der Waals surface area contributed by atoms with Gasteiger partial charge in [0, 0.05) is 5.56 Å². The minimum absolute atomic E-state index is 0.302. The van der Waals surface area contributed by atoms with E-state index >= 15 is 0 Å². The number of nitrogens with one attached hydrogen (secondary N) is 1. The fourth-order valence-electron chi connectivity index (χ4n) is 2.18. The summed E-state index contributed by atoms with van der Waals surface area (Å²) in [6, 6.07) is 10.3. The molecular formula is C16H14ClNO4. The number of rotatable bonds is 3. The number of carbonyl (C=O) groups is 1. The fraction of sp³-hybridized carbons (Fsp3) is 0.188. The Morgan fingerprint density at radius 1 is 1.23 bits per heavy atom. The van der Waals surface area contributed by atoms with E-state index in [0.29, 0.717) is 46.7 Å². The first-order chi connectivity index (χ1) is 10.7. The molecule has 1 heterocycles. The van der Waals surface area contributed by atoms with Crippen molar-refractivity contribution in [3.05, 3.63) is 47.0 Å². The third-order valence-electron chi connectivity index (χ3n) is 3.21. The number of para-hydroxylation sites is 2. The summed E-state index contributed by atoms with van der Waals surface area (Å²) >= 11 is 6.14. The molecule has 3 rings (SSSR count). The molecule has 1 aliphatic heterocycles. The van der Waals surface area contributed by atoms with Crippen molar-refractivity contribution in [3.8, 4) is 17.2 Å². The Labute approximate surface area is 132 Å². The van der Waals surface area contributed by atoms with Crippen LogP contribution in [0.4, 0.5) is 5.69 Å². The molecule has 22 heavy (non-hydrogen) atoms. The Bertz CT molecular complexity index is 717. The molecular weight excluding hydrogens is 306 g/mol. The summed E-state index contributed by atoms with van der Waals surface area (Å²) < 4.78 is 16.1. The molecule has 0 bridgehead atoms. The zero-order chi connectivity index (χ0) is 15.5. The van der Waals surface area contributed by atoms with Crippen LogP contribution in [0.15, 0.2) is 36.4 Å². The molecule has 0 saturated carbocycles. The molecule has 0 aliphatic carbocycles. The van der Waals surface area contributed by atoms with Crippen LogP contribution in [0.2, 0.25) is 5.02 Å². The Morgan fingerprint density at radius 3 is 2.82 bits per heavy atom. The van der Waals surface area contributed by atoms with Gasteiger partial charge in [0.05, 0.1) is 17.8 Å². The second-order valence-electron chi connectivity index (χ2n) is 4.64. The average molecular weight is 320 g/mol. The lowest BCUT2D eigenvalue weighted by atomic mass is 10.1. The van der Waals surface area contributed by atoms with E-state index in [2.05, 4.69) is 5.32 Å². The highest BCUT2D eigenvalue weighted by Gasteiger charge is 2.19. The van der Waals surface area contributed by atoms with Crippen molar-refractivity contribution in [2.45, 2.75) is 0 Å². The summed E-state index contributed by atoms with van der Waals surface area (Å²) in [7, 11) is 1.55. The van der Waals surface area contributed by atoms with Gasteiger partial charge in [-0.05, 0) is 24.3 Å². The molecule has 0 atom stereocenters. The van der Waals surface area contributed by atoms with E-state index in [9.17, 15) is 4.79 Å². The molecule has 0 fully saturated rings. The number of anilines is 1. The normalized spacial score (nSPS) is 12.6. The molecule has 0 radical (unpaired) electrons. The van der Waals surface area contributed by atoms with E-state index < -0.39 is 0 Å². The van der Waals surface area contributed by atoms with Gasteiger partial charge in [0.25, 0.3) is 5.91 Å². The molecule has 2 aromatic rings. The van der Waals surface area contributed by atoms with Crippen molar-refractivity contribution in [1.29, 1.82) is 0 Å². The molecule has 0 spiro atoms. The maximum atomic E-state index is 12.4. The number of fused-ring (bicyclic) bond motifs is 1. The van der Waals surface area contributed by atoms with E-state index in [1.54, 1.807) is 31.4 Å². The van der Waals surface area contributed by atoms with Gasteiger partial charge in [0.1, 0.15) is 19.0 Å². The second kappa shape index (κ2) is 6.15. The van der Waals surface area contributed by atoms with Gasteiger partial charge in [-0.3, -0.25) is 4.79 Å². The number of methoxy groups -OCH3 is 1. The maximum Gasteiger partial charge on any atom is 0.255 e. The van der Waals surface area contributed by atoms with Gasteiger partial charge < -0.3 is 19.5 Å². The average Bonchev–Trinajstić information content (AvgIpc) is 2.55. The largest absolute Gasteiger partial charge is 0.495 e. The Hall–Kier alpha value is -2.40. The lowest BCUT2D eigenvalue weighted by Crippen LogP contribution is -2.18. The summed E-state index contributed by atoms with van der Waals surface area (Å²) in [5.74, 6) is 1.23. The molecule has 6 heteroatoms. The van der Waals surface area contributed by atoms with Crippen LogP contribution in [-0.2, 0) is 0 Å². The number of ether oxygens (including phenoxy) is 3. The fourth-order valence-corrected chi connectivity index (χ4v) is 2.45. The second-order valence-corrected chi connectivity index (χ2v) is 5.04. The van der Waals surface area contributed by atoms with Gasteiger partial charge in [0.2, 0.25) is 0 Å². The molecule has 1 aliphatic rings. The number of hydrogen-bond acceptors (Lipinski definition) is 4. The first kappa shape index (κ1) is 14.5. The lowest BCUT2D eigenvalue weighted by molar-refractivity contribution is 0.102. The smallest absolute Gasteiger partial charge is 0.255 e. The minimum atomic E-state index is -0.302. The molecule has 5 nitrogen and oxygen atoms in total. The summed E-state index contributed by atoms with van der Waals surface area (Å²) in [6.07, 6.45) is 0. The number of benzene rings is 2. The number of halogens is 1. The summed E-state index contributed by atoms with van der Waals surface area (Å²) in [5.41, 5.74) is 0.973. The lowest BCUT2D eigenvalue weighted by Gasteiger charge is -2.20. The van der Waals surface area contributed by atoms with E-state index in [1.807, 2.05) is 12.1 Å². The highest BCUT2D eigenvalue weighted by molar-refractivity contribution is 6.32. The van der Waals surface area contributed by atoms with Crippen LogP contribution in [0.25, 0.3) is 0 Å². The van der Waals surface area contributed by atoms with E-state index in [-0.39, 0.29) is 5.91 Å². The predicted molar refractivity (Wildman–Crippen MR) is 83.4 cm³/mol. The summed E-state index contributed by atoms with van der Waals surface area (Å²) in [5, 5.41) is 3.14. The van der Waals surface area contributed by atoms with Gasteiger partial charge in [-0.2, -0.15) is 0 Å². The van der Waals surface area contributed by atoms with Crippen LogP contribution in [0.1, 0.15) is 10.4 Å². The van der Waals surface area contributed by atoms with Crippen molar-refractivity contribution < 1.29 is 19.0 Å². The quantitative estimate of drug-likeness (QED) is 0.942. The van der Waals surface area contributed by atoms with Crippen molar-refractivity contribution in [2.24, 2.45) is 0 Å². The van der Waals surface area contributed by atoms with Crippen LogP contribution in [0.3, 0.4) is 0 Å². The standard InChI is InChI=1S/C16H14ClNO4/c1-20-13-5-3-2-4-12(13)18-16(19)10-8-11(17)15-14(9-10)21-6-7-22-15/h2-5,8-9H,6-7H2,1H3,(H,18,19). The predicted octanol–water partition coefficient (Wildman–Crippen LogP) is 3.37. The minimum Gasteiger partial charge on any atom is -0.495 e. The van der Waals surface area contributed by atoms with Crippen molar-refractivity contribution >= 4 is 23.2 Å². The van der Waals surface area contributed by atoms with Crippen molar-refractivity contribution in [3.63, 3.8) is 0 Å². The molecule has 0 aromatic heterocycles. The molecule has 1 N–H and O–H groups in total. The third-order valence-corrected chi connectivity index (χ3v) is 3.49. The van der Waals surface area contributed by atoms with Gasteiger partial charge in [-0.25, -0.2) is 0 Å². The van der Waals surface area contributed by atoms with Crippen LogP contribution in [-0.4, -0.2) is 26.2 Å². The van der Waals surface area contributed by atoms with Gasteiger partial charge in [0.15, 0.2) is 11.5 Å². The first-order valence-electron chi connectivity index (χ1n) is 6.72. The van der Waals surface area contributed by atoms with E-state index in [4.69, 9.17) is 25.8 Å². The van der Waals surface area contributed by atoms with Crippen LogP contribution in [0, 0.1) is 0 Å². The topological polar surface area (TPSA) is 56.8 Å². The molecule has 1 amide bonds. The SMILES string of the molecule is COc1ccccc1NC(=O)c1cc(Cl)c2c(c1)OCCO2. The Kier molecular flexibility index (Phi) is 4.06. The number of amides is 1. The Morgan fingerprint density at radius 2 is 2.00 bits per heavy atom. The molecule has 0 saturated heterocycles. The molecule has 114 valence electrons. The molecule has 2 aromatic carbocycles. The van der Waals surface area contributed by atoms with Crippen LogP contribution < -0.4 is 19.5 Å². The van der Waals surface area contributed by atoms with Crippen LogP contribution >= 0.6 is 11.6 Å². The van der Waals surface area contributed by atoms with Gasteiger partial charge in [-0.15, -0.1) is 0 Å². The number of carbonyl (C=O) groups excluding carboxylic acids is 1. The Balaban J connectivity index is 1.88. The van der Waals surface area contributed by atoms with Gasteiger partial charge >= 0.3 is 0 Å². The monoisotopic (exact) mass is 319 g/mol. The van der Waals surface area contributed by atoms with E-state index in [0.717, 1.165) is 0 Å². The van der Waals surface area contributed by atoms with Gasteiger partial charge in [-0.1, -0.05) is 23.7 Å². The highest BCUT2D eigenvalue weighted by atomic mass is 35.5. The first-order valence-corrected chi connectivity index (χ1v) is 7.10. The zero-order valence-corrected chi connectivity index (χ0v) is 12.6. The number of hydrogen-bond donors (Lipinski definition) is 1. The van der Waals surface area contributed by atoms with Crippen molar-refractivity contribution in [2.75, 3.05) is 25.6 Å². The van der Waals surface area contributed by atoms with Crippen LogP contribution in [0.5, 0.6) is 17.2 Å². The highest BCUT2D eigenvalue weighted by Crippen LogP contribution is 2.38.